The molecule has 2 N–H and O–H groups in total. The SMILES string of the molecule is NC1(F)CCCCC1(F)c1ccncn1. The number of nitrogens with two attached hydrogens (primary N) is 1. The summed E-state index contributed by atoms with van der Waals surface area (Å²) in [6.45, 7) is 0. The van der Waals surface area contributed by atoms with Crippen molar-refractivity contribution in [2.75, 3.05) is 0 Å². The van der Waals surface area contributed by atoms with Gasteiger partial charge < -0.3 is 0 Å². The molecule has 82 valence electrons. The average Bonchev–Trinajstić information content (AvgIpc) is 2.24. The molecule has 1 aliphatic carbocycles. The molecule has 1 aromatic heterocycles. The van der Waals surface area contributed by atoms with Gasteiger partial charge in [-0.2, -0.15) is 0 Å². The number of hydrogen-bond donors (Lipinski definition) is 1. The van der Waals surface area contributed by atoms with Crippen molar-refractivity contribution in [2.45, 2.75) is 37.1 Å². The molecule has 0 saturated heterocycles. The fourth-order valence-corrected chi connectivity index (χ4v) is 2.02. The van der Waals surface area contributed by atoms with Crippen LogP contribution in [0.1, 0.15) is 31.4 Å². The minimum atomic E-state index is -2.32. The minimum absolute atomic E-state index is 0.0352. The van der Waals surface area contributed by atoms with E-state index in [-0.39, 0.29) is 18.5 Å². The number of hydrogen-bond acceptors (Lipinski definition) is 3. The highest BCUT2D eigenvalue weighted by atomic mass is 19.2. The van der Waals surface area contributed by atoms with Gasteiger partial charge in [0.05, 0.1) is 5.69 Å². The summed E-state index contributed by atoms with van der Waals surface area (Å²) in [6, 6.07) is 1.38. The zero-order valence-corrected chi connectivity index (χ0v) is 8.29. The van der Waals surface area contributed by atoms with Crippen LogP contribution in [0.5, 0.6) is 0 Å². The normalized spacial score (nSPS) is 36.5. The summed E-state index contributed by atoms with van der Waals surface area (Å²) in [7, 11) is 0. The highest BCUT2D eigenvalue weighted by molar-refractivity contribution is 5.17. The molecule has 0 amide bonds. The van der Waals surface area contributed by atoms with Crippen molar-refractivity contribution in [3.63, 3.8) is 0 Å². The lowest BCUT2D eigenvalue weighted by Crippen LogP contribution is -2.54. The zero-order valence-electron chi connectivity index (χ0n) is 8.29. The summed E-state index contributed by atoms with van der Waals surface area (Å²) in [5, 5.41) is 0. The number of halogens is 2. The largest absolute Gasteiger partial charge is 0.296 e. The van der Waals surface area contributed by atoms with Crippen molar-refractivity contribution in [1.82, 2.24) is 9.97 Å². The van der Waals surface area contributed by atoms with Gasteiger partial charge in [0.25, 0.3) is 0 Å². The van der Waals surface area contributed by atoms with Gasteiger partial charge in [-0.3, -0.25) is 5.73 Å². The van der Waals surface area contributed by atoms with Crippen LogP contribution in [-0.2, 0) is 5.67 Å². The summed E-state index contributed by atoms with van der Waals surface area (Å²) in [4.78, 5) is 7.44. The van der Waals surface area contributed by atoms with Crippen LogP contribution in [0.25, 0.3) is 0 Å². The molecule has 0 radical (unpaired) electrons. The van der Waals surface area contributed by atoms with Crippen LogP contribution in [0.15, 0.2) is 18.6 Å². The molecule has 5 heteroatoms. The van der Waals surface area contributed by atoms with Crippen molar-refractivity contribution in [3.05, 3.63) is 24.3 Å². The Kier molecular flexibility index (Phi) is 2.42. The van der Waals surface area contributed by atoms with Gasteiger partial charge in [-0.15, -0.1) is 0 Å². The lowest BCUT2D eigenvalue weighted by molar-refractivity contribution is -0.0780. The maximum Gasteiger partial charge on any atom is 0.199 e. The first kappa shape index (κ1) is 10.4. The molecule has 1 aliphatic rings. The van der Waals surface area contributed by atoms with Gasteiger partial charge in [0.2, 0.25) is 0 Å². The van der Waals surface area contributed by atoms with E-state index < -0.39 is 11.5 Å². The van der Waals surface area contributed by atoms with Crippen molar-refractivity contribution >= 4 is 0 Å². The Balaban J connectivity index is 2.40. The lowest BCUT2D eigenvalue weighted by atomic mass is 9.78. The Labute approximate surface area is 86.7 Å². The molecule has 1 fully saturated rings. The van der Waals surface area contributed by atoms with Crippen LogP contribution in [-0.4, -0.2) is 15.8 Å². The maximum absolute atomic E-state index is 14.5. The van der Waals surface area contributed by atoms with Gasteiger partial charge in [0.1, 0.15) is 6.33 Å². The van der Waals surface area contributed by atoms with Crippen LogP contribution < -0.4 is 5.73 Å². The van der Waals surface area contributed by atoms with E-state index in [0.717, 1.165) is 0 Å². The van der Waals surface area contributed by atoms with Gasteiger partial charge >= 0.3 is 0 Å². The van der Waals surface area contributed by atoms with Gasteiger partial charge in [0.15, 0.2) is 11.5 Å². The zero-order chi connectivity index (χ0) is 10.9. The molecular formula is C10H13F2N3. The first-order valence-corrected chi connectivity index (χ1v) is 4.99. The molecule has 0 bridgehead atoms. The Hall–Kier alpha value is -1.10. The number of aromatic nitrogens is 2. The molecule has 0 aromatic carbocycles. The second kappa shape index (κ2) is 3.48. The minimum Gasteiger partial charge on any atom is -0.296 e. The van der Waals surface area contributed by atoms with Crippen LogP contribution in [0, 0.1) is 0 Å². The van der Waals surface area contributed by atoms with E-state index in [1.54, 1.807) is 0 Å². The molecule has 1 saturated carbocycles. The van der Waals surface area contributed by atoms with Crippen LogP contribution in [0.2, 0.25) is 0 Å². The van der Waals surface area contributed by atoms with Crippen molar-refractivity contribution in [3.8, 4) is 0 Å². The summed E-state index contributed by atoms with van der Waals surface area (Å²) < 4.78 is 28.4. The molecule has 2 atom stereocenters. The van der Waals surface area contributed by atoms with Gasteiger partial charge in [0, 0.05) is 6.20 Å². The Morgan fingerprint density at radius 1 is 1.27 bits per heavy atom. The van der Waals surface area contributed by atoms with Crippen molar-refractivity contribution < 1.29 is 8.78 Å². The molecule has 0 spiro atoms. The smallest absolute Gasteiger partial charge is 0.199 e. The fraction of sp³-hybridized carbons (Fsp3) is 0.600. The molecule has 1 aromatic rings. The molecular weight excluding hydrogens is 200 g/mol. The Bertz CT molecular complexity index is 342. The molecule has 1 heterocycles. The molecule has 15 heavy (non-hydrogen) atoms. The second-order valence-electron chi connectivity index (χ2n) is 3.97. The monoisotopic (exact) mass is 213 g/mol. The predicted molar refractivity (Wildman–Crippen MR) is 51.3 cm³/mol. The van der Waals surface area contributed by atoms with Crippen LogP contribution in [0.4, 0.5) is 8.78 Å². The number of rotatable bonds is 1. The summed E-state index contributed by atoms with van der Waals surface area (Å²) in [5.41, 5.74) is 3.26. The van der Waals surface area contributed by atoms with E-state index >= 15 is 0 Å². The Morgan fingerprint density at radius 2 is 2.00 bits per heavy atom. The average molecular weight is 213 g/mol. The first-order chi connectivity index (χ1) is 7.06. The summed E-state index contributed by atoms with van der Waals surface area (Å²) >= 11 is 0. The van der Waals surface area contributed by atoms with Crippen molar-refractivity contribution in [2.24, 2.45) is 5.73 Å². The number of nitrogens with zero attached hydrogens (tertiary/aromatic N) is 2. The Morgan fingerprint density at radius 3 is 2.60 bits per heavy atom. The lowest BCUT2D eigenvalue weighted by Gasteiger charge is -2.39. The van der Waals surface area contributed by atoms with Gasteiger partial charge in [-0.1, -0.05) is 0 Å². The van der Waals surface area contributed by atoms with Crippen molar-refractivity contribution in [1.29, 1.82) is 0 Å². The predicted octanol–water partition coefficient (Wildman–Crippen LogP) is 1.84. The molecule has 2 unspecified atom stereocenters. The third kappa shape index (κ3) is 1.61. The van der Waals surface area contributed by atoms with E-state index in [1.165, 1.54) is 18.6 Å². The number of alkyl halides is 2. The van der Waals surface area contributed by atoms with Crippen LogP contribution >= 0.6 is 0 Å². The highest BCUT2D eigenvalue weighted by Crippen LogP contribution is 2.46. The molecule has 3 nitrogen and oxygen atoms in total. The van der Waals surface area contributed by atoms with E-state index in [2.05, 4.69) is 9.97 Å². The van der Waals surface area contributed by atoms with E-state index in [4.69, 9.17) is 5.73 Å². The molecule has 2 rings (SSSR count). The fourth-order valence-electron chi connectivity index (χ4n) is 2.02. The maximum atomic E-state index is 14.5. The van der Waals surface area contributed by atoms with E-state index in [9.17, 15) is 8.78 Å². The third-order valence-corrected chi connectivity index (χ3v) is 2.96. The third-order valence-electron chi connectivity index (χ3n) is 2.96. The van der Waals surface area contributed by atoms with Crippen LogP contribution in [0.3, 0.4) is 0 Å². The van der Waals surface area contributed by atoms with E-state index in [1.807, 2.05) is 0 Å². The van der Waals surface area contributed by atoms with Gasteiger partial charge in [-0.05, 0) is 31.7 Å². The first-order valence-electron chi connectivity index (χ1n) is 4.99. The second-order valence-corrected chi connectivity index (χ2v) is 3.97. The molecule has 0 aliphatic heterocycles. The topological polar surface area (TPSA) is 51.8 Å². The summed E-state index contributed by atoms with van der Waals surface area (Å²) in [5.74, 6) is -2.32. The highest BCUT2D eigenvalue weighted by Gasteiger charge is 2.54. The summed E-state index contributed by atoms with van der Waals surface area (Å²) in [6.07, 6.45) is 3.97. The van der Waals surface area contributed by atoms with E-state index in [0.29, 0.717) is 12.8 Å². The van der Waals surface area contributed by atoms with Gasteiger partial charge in [-0.25, -0.2) is 18.7 Å². The quantitative estimate of drug-likeness (QED) is 0.724. The standard InChI is InChI=1S/C10H13F2N3/c11-9(8-3-6-14-7-15-8)4-1-2-5-10(9,12)13/h3,6-7H,1-2,4-5,13H2.